The molecule has 1 fully saturated rings. The van der Waals surface area contributed by atoms with Crippen LogP contribution in [0.1, 0.15) is 19.4 Å². The largest absolute Gasteiger partial charge is 0.444 e. The van der Waals surface area contributed by atoms with Gasteiger partial charge in [0.15, 0.2) is 0 Å². The van der Waals surface area contributed by atoms with E-state index in [4.69, 9.17) is 4.74 Å². The molecule has 0 saturated carbocycles. The normalized spacial score (nSPS) is 21.0. The average molecular weight is 283 g/mol. The number of benzene rings is 1. The summed E-state index contributed by atoms with van der Waals surface area (Å²) in [6.45, 7) is 3.95. The second-order valence-corrected chi connectivity index (χ2v) is 6.97. The summed E-state index contributed by atoms with van der Waals surface area (Å²) in [5.41, 5.74) is 0.828. The van der Waals surface area contributed by atoms with E-state index in [9.17, 15) is 13.2 Å². The molecule has 0 radical (unpaired) electrons. The van der Waals surface area contributed by atoms with Gasteiger partial charge in [0.2, 0.25) is 10.0 Å². The summed E-state index contributed by atoms with van der Waals surface area (Å²) in [4.78, 5) is 11.7. The Bertz CT molecular complexity index is 553. The zero-order chi connectivity index (χ0) is 14.0. The molecule has 0 bridgehead atoms. The SMILES string of the molecule is CC(C)C1CN(C(=O)OCc2ccccc2)S1(=O)=O. The first-order chi connectivity index (χ1) is 8.93. The van der Waals surface area contributed by atoms with Gasteiger partial charge in [-0.2, -0.15) is 0 Å². The van der Waals surface area contributed by atoms with Crippen LogP contribution >= 0.6 is 0 Å². The fourth-order valence-electron chi connectivity index (χ4n) is 1.96. The Hall–Kier alpha value is -1.56. The summed E-state index contributed by atoms with van der Waals surface area (Å²) in [5, 5.41) is -0.475. The lowest BCUT2D eigenvalue weighted by Crippen LogP contribution is -2.60. The monoisotopic (exact) mass is 283 g/mol. The predicted molar refractivity (Wildman–Crippen MR) is 70.9 cm³/mol. The Morgan fingerprint density at radius 1 is 1.37 bits per heavy atom. The molecule has 6 heteroatoms. The van der Waals surface area contributed by atoms with Crippen LogP contribution in [0, 0.1) is 5.92 Å². The second-order valence-electron chi connectivity index (χ2n) is 4.90. The first-order valence-corrected chi connectivity index (χ1v) is 7.65. The zero-order valence-corrected chi connectivity index (χ0v) is 11.8. The maximum atomic E-state index is 11.9. The highest BCUT2D eigenvalue weighted by molar-refractivity contribution is 7.91. The van der Waals surface area contributed by atoms with Crippen LogP contribution in [0.4, 0.5) is 4.79 Å². The van der Waals surface area contributed by atoms with Crippen molar-refractivity contribution in [2.75, 3.05) is 6.54 Å². The maximum absolute atomic E-state index is 11.9. The van der Waals surface area contributed by atoms with Crippen LogP contribution in [0.15, 0.2) is 30.3 Å². The molecule has 1 aliphatic rings. The number of ether oxygens (including phenoxy) is 1. The number of rotatable bonds is 3. The molecule has 0 spiro atoms. The van der Waals surface area contributed by atoms with Crippen LogP contribution in [0.2, 0.25) is 0 Å². The minimum Gasteiger partial charge on any atom is -0.444 e. The van der Waals surface area contributed by atoms with E-state index in [1.165, 1.54) is 0 Å². The van der Waals surface area contributed by atoms with Gasteiger partial charge in [-0.05, 0) is 11.5 Å². The van der Waals surface area contributed by atoms with Crippen molar-refractivity contribution in [1.82, 2.24) is 4.31 Å². The lowest BCUT2D eigenvalue weighted by molar-refractivity contribution is 0.111. The van der Waals surface area contributed by atoms with E-state index in [-0.39, 0.29) is 19.1 Å². The third kappa shape index (κ3) is 2.73. The maximum Gasteiger partial charge on any atom is 0.423 e. The van der Waals surface area contributed by atoms with Crippen LogP contribution in [0.5, 0.6) is 0 Å². The topological polar surface area (TPSA) is 63.7 Å². The molecule has 1 aliphatic heterocycles. The van der Waals surface area contributed by atoms with Gasteiger partial charge in [0.25, 0.3) is 0 Å². The van der Waals surface area contributed by atoms with Gasteiger partial charge < -0.3 is 4.74 Å². The van der Waals surface area contributed by atoms with Gasteiger partial charge in [-0.25, -0.2) is 17.5 Å². The third-order valence-electron chi connectivity index (χ3n) is 3.19. The summed E-state index contributed by atoms with van der Waals surface area (Å²) in [5.74, 6) is 0.00294. The summed E-state index contributed by atoms with van der Waals surface area (Å²) < 4.78 is 29.5. The molecule has 1 saturated heterocycles. The molecule has 1 heterocycles. The first-order valence-electron chi connectivity index (χ1n) is 6.15. The summed E-state index contributed by atoms with van der Waals surface area (Å²) >= 11 is 0. The van der Waals surface area contributed by atoms with Crippen LogP contribution in [0.3, 0.4) is 0 Å². The molecular formula is C13H17NO4S. The van der Waals surface area contributed by atoms with Crippen LogP contribution < -0.4 is 0 Å². The predicted octanol–water partition coefficient (Wildman–Crippen LogP) is 1.99. The highest BCUT2D eigenvalue weighted by Crippen LogP contribution is 2.28. The second kappa shape index (κ2) is 5.21. The minimum atomic E-state index is -3.51. The van der Waals surface area contributed by atoms with Crippen LogP contribution in [0.25, 0.3) is 0 Å². The van der Waals surface area contributed by atoms with Crippen molar-refractivity contribution in [1.29, 1.82) is 0 Å². The van der Waals surface area contributed by atoms with Gasteiger partial charge in [-0.15, -0.1) is 0 Å². The molecule has 0 aliphatic carbocycles. The van der Waals surface area contributed by atoms with Crippen LogP contribution in [-0.4, -0.2) is 30.6 Å². The first kappa shape index (κ1) is 13.9. The molecule has 1 amide bonds. The van der Waals surface area contributed by atoms with Crippen molar-refractivity contribution in [3.05, 3.63) is 35.9 Å². The van der Waals surface area contributed by atoms with Crippen molar-refractivity contribution >= 4 is 16.1 Å². The van der Waals surface area contributed by atoms with Crippen molar-refractivity contribution in [3.8, 4) is 0 Å². The van der Waals surface area contributed by atoms with E-state index in [1.807, 2.05) is 44.2 Å². The molecular weight excluding hydrogens is 266 g/mol. The highest BCUT2D eigenvalue weighted by Gasteiger charge is 2.49. The van der Waals surface area contributed by atoms with Gasteiger partial charge in [-0.1, -0.05) is 44.2 Å². The van der Waals surface area contributed by atoms with Crippen molar-refractivity contribution < 1.29 is 17.9 Å². The Labute approximate surface area is 113 Å². The lowest BCUT2D eigenvalue weighted by Gasteiger charge is -2.39. The van der Waals surface area contributed by atoms with E-state index >= 15 is 0 Å². The number of carbonyl (C=O) groups is 1. The van der Waals surface area contributed by atoms with E-state index in [1.54, 1.807) is 0 Å². The van der Waals surface area contributed by atoms with E-state index in [2.05, 4.69) is 0 Å². The van der Waals surface area contributed by atoms with E-state index in [0.717, 1.165) is 9.87 Å². The standard InChI is InChI=1S/C13H17NO4S/c1-10(2)12-8-14(19(12,16)17)13(15)18-9-11-6-4-3-5-7-11/h3-7,10,12H,8-9H2,1-2H3. The Balaban J connectivity index is 1.93. The molecule has 2 rings (SSSR count). The number of nitrogens with zero attached hydrogens (tertiary/aromatic N) is 1. The molecule has 0 N–H and O–H groups in total. The summed E-state index contributed by atoms with van der Waals surface area (Å²) in [7, 11) is -3.51. The summed E-state index contributed by atoms with van der Waals surface area (Å²) in [6.07, 6.45) is -0.791. The molecule has 0 aromatic heterocycles. The molecule has 5 nitrogen and oxygen atoms in total. The fraction of sp³-hybridized carbons (Fsp3) is 0.462. The number of amides is 1. The van der Waals surface area contributed by atoms with Crippen LogP contribution in [-0.2, 0) is 21.4 Å². The smallest absolute Gasteiger partial charge is 0.423 e. The highest BCUT2D eigenvalue weighted by atomic mass is 32.2. The molecule has 1 aromatic carbocycles. The third-order valence-corrected chi connectivity index (χ3v) is 5.56. The zero-order valence-electron chi connectivity index (χ0n) is 10.9. The van der Waals surface area contributed by atoms with Crippen molar-refractivity contribution in [3.63, 3.8) is 0 Å². The molecule has 104 valence electrons. The van der Waals surface area contributed by atoms with Crippen molar-refractivity contribution in [2.24, 2.45) is 5.92 Å². The fourth-order valence-corrected chi connectivity index (χ4v) is 3.69. The average Bonchev–Trinajstić information content (AvgIpc) is 2.36. The number of hydrogen-bond acceptors (Lipinski definition) is 4. The minimum absolute atomic E-state index is 0.00294. The number of hydrogen-bond donors (Lipinski definition) is 0. The lowest BCUT2D eigenvalue weighted by atomic mass is 10.1. The number of carbonyl (C=O) groups excluding carboxylic acids is 1. The van der Waals surface area contributed by atoms with E-state index < -0.39 is 21.4 Å². The summed E-state index contributed by atoms with van der Waals surface area (Å²) in [6, 6.07) is 9.15. The Morgan fingerprint density at radius 3 is 2.53 bits per heavy atom. The van der Waals surface area contributed by atoms with Gasteiger partial charge in [0, 0.05) is 0 Å². The molecule has 1 aromatic rings. The van der Waals surface area contributed by atoms with E-state index in [0.29, 0.717) is 0 Å². The quantitative estimate of drug-likeness (QED) is 0.851. The van der Waals surface area contributed by atoms with Crippen molar-refractivity contribution in [2.45, 2.75) is 25.7 Å². The number of sulfonamides is 1. The van der Waals surface area contributed by atoms with Gasteiger partial charge >= 0.3 is 6.09 Å². The van der Waals surface area contributed by atoms with Gasteiger partial charge in [-0.3, -0.25) is 0 Å². The van der Waals surface area contributed by atoms with Gasteiger partial charge in [0.1, 0.15) is 11.9 Å². The Kier molecular flexibility index (Phi) is 3.80. The molecule has 1 atom stereocenters. The van der Waals surface area contributed by atoms with Gasteiger partial charge in [0.05, 0.1) is 6.54 Å². The molecule has 19 heavy (non-hydrogen) atoms. The Morgan fingerprint density at radius 2 is 2.00 bits per heavy atom. The molecule has 1 unspecified atom stereocenters.